The van der Waals surface area contributed by atoms with Gasteiger partial charge in [-0.1, -0.05) is 0 Å². The van der Waals surface area contributed by atoms with Crippen molar-refractivity contribution in [2.24, 2.45) is 0 Å². The minimum absolute atomic E-state index is 1.23. The molecule has 0 radical (unpaired) electrons. The van der Waals surface area contributed by atoms with Gasteiger partial charge in [-0.05, 0) is 0 Å². The van der Waals surface area contributed by atoms with Gasteiger partial charge in [-0.15, -0.1) is 22.7 Å². The van der Waals surface area contributed by atoms with Gasteiger partial charge in [0, 0.05) is 17.0 Å². The molecule has 0 spiro atoms. The highest BCUT2D eigenvalue weighted by atomic mass is 32.1. The highest BCUT2D eigenvalue weighted by Crippen LogP contribution is 2.36. The fraction of sp³-hybridized carbons (Fsp3) is 0. The zero-order valence-corrected chi connectivity index (χ0v) is 6.65. The summed E-state index contributed by atoms with van der Waals surface area (Å²) in [5.74, 6) is 0. The van der Waals surface area contributed by atoms with Gasteiger partial charge in [0.05, 0.1) is 5.51 Å². The van der Waals surface area contributed by atoms with Crippen LogP contribution in [0.15, 0.2) is 22.5 Å². The topological polar surface area (TPSA) is 25.8 Å². The third-order valence-electron chi connectivity index (χ3n) is 1.02. The van der Waals surface area contributed by atoms with Crippen LogP contribution in [0.3, 0.4) is 0 Å². The molecule has 3 heterocycles. The first-order valence-corrected chi connectivity index (χ1v) is 4.57. The van der Waals surface area contributed by atoms with Gasteiger partial charge in [0.25, 0.3) is 0 Å². The summed E-state index contributed by atoms with van der Waals surface area (Å²) in [4.78, 5) is 7.65. The van der Waals surface area contributed by atoms with Crippen LogP contribution in [-0.2, 0) is 0 Å². The SMILES string of the molecule is c1cscn1.c1sc2nc1-2. The summed E-state index contributed by atoms with van der Waals surface area (Å²) in [6.45, 7) is 0. The average Bonchev–Trinajstić information content (AvgIpc) is 2.43. The van der Waals surface area contributed by atoms with Crippen molar-refractivity contribution in [3.63, 3.8) is 0 Å². The molecule has 0 saturated carbocycles. The number of aromatic nitrogens is 2. The first-order valence-electron chi connectivity index (χ1n) is 2.75. The summed E-state index contributed by atoms with van der Waals surface area (Å²) >= 11 is 3.32. The Kier molecular flexibility index (Phi) is 1.49. The maximum absolute atomic E-state index is 3.91. The zero-order chi connectivity index (χ0) is 6.81. The second kappa shape index (κ2) is 2.48. The van der Waals surface area contributed by atoms with Crippen molar-refractivity contribution in [3.8, 4) is 10.7 Å². The van der Waals surface area contributed by atoms with Crippen LogP contribution < -0.4 is 0 Å². The summed E-state index contributed by atoms with van der Waals surface area (Å²) in [5, 5.41) is 5.24. The standard InChI is InChI=1S/C3HNS.C3H3NS/c1-2-3(4-2)5-1;1-2-5-3-4-1/h1H;1-3H. The average molecular weight is 168 g/mol. The highest BCUT2D eigenvalue weighted by molar-refractivity contribution is 7.17. The Bertz CT molecular complexity index is 256. The monoisotopic (exact) mass is 168 g/mol. The van der Waals surface area contributed by atoms with Crippen molar-refractivity contribution in [1.82, 2.24) is 9.97 Å². The van der Waals surface area contributed by atoms with Gasteiger partial charge in [-0.2, -0.15) is 0 Å². The molecule has 0 fully saturated rings. The Hall–Kier alpha value is -0.740. The molecule has 0 bridgehead atoms. The van der Waals surface area contributed by atoms with Crippen molar-refractivity contribution < 1.29 is 0 Å². The predicted molar refractivity (Wildman–Crippen MR) is 43.2 cm³/mol. The molecule has 0 aromatic carbocycles. The molecule has 2 nitrogen and oxygen atoms in total. The lowest BCUT2D eigenvalue weighted by atomic mass is 10.7. The molecule has 50 valence electrons. The quantitative estimate of drug-likeness (QED) is 0.514. The van der Waals surface area contributed by atoms with Crippen LogP contribution in [0.1, 0.15) is 0 Å². The van der Waals surface area contributed by atoms with Gasteiger partial charge in [0.15, 0.2) is 0 Å². The molecule has 4 heteroatoms. The van der Waals surface area contributed by atoms with Gasteiger partial charge in [-0.25, -0.2) is 4.98 Å². The van der Waals surface area contributed by atoms with Crippen molar-refractivity contribution in [2.45, 2.75) is 0 Å². The minimum atomic E-state index is 1.23. The van der Waals surface area contributed by atoms with E-state index in [-0.39, 0.29) is 0 Å². The van der Waals surface area contributed by atoms with Crippen molar-refractivity contribution >= 4 is 22.7 Å². The number of nitrogens with zero attached hydrogens (tertiary/aromatic N) is 2. The summed E-state index contributed by atoms with van der Waals surface area (Å²) in [6, 6.07) is 0. The second-order valence-corrected chi connectivity index (χ2v) is 3.33. The number of fused-ring (bicyclic) bond motifs is 1. The fourth-order valence-electron chi connectivity index (χ4n) is 0.474. The Morgan fingerprint density at radius 1 is 1.40 bits per heavy atom. The summed E-state index contributed by atoms with van der Waals surface area (Å²) < 4.78 is 0. The van der Waals surface area contributed by atoms with Crippen LogP contribution in [-0.4, -0.2) is 9.97 Å². The number of hydrogen-bond acceptors (Lipinski definition) is 4. The van der Waals surface area contributed by atoms with Crippen LogP contribution in [0.4, 0.5) is 0 Å². The number of thiazole rings is 2. The van der Waals surface area contributed by atoms with E-state index in [1.54, 1.807) is 34.4 Å². The first kappa shape index (κ1) is 6.00. The molecule has 1 aromatic rings. The predicted octanol–water partition coefficient (Wildman–Crippen LogP) is 2.27. The lowest BCUT2D eigenvalue weighted by molar-refractivity contribution is 1.43. The normalized spacial score (nSPS) is 10.0. The van der Waals surface area contributed by atoms with Gasteiger partial charge >= 0.3 is 0 Å². The Labute approximate surface area is 66.2 Å². The van der Waals surface area contributed by atoms with Crippen LogP contribution in [0.2, 0.25) is 0 Å². The van der Waals surface area contributed by atoms with Crippen LogP contribution >= 0.6 is 22.7 Å². The zero-order valence-electron chi connectivity index (χ0n) is 5.02. The molecule has 2 aliphatic heterocycles. The number of rotatable bonds is 0. The molecule has 0 amide bonds. The van der Waals surface area contributed by atoms with E-state index in [1.807, 2.05) is 5.38 Å². The van der Waals surface area contributed by atoms with Crippen molar-refractivity contribution in [2.75, 3.05) is 0 Å². The van der Waals surface area contributed by atoms with Crippen LogP contribution in [0.25, 0.3) is 10.7 Å². The van der Waals surface area contributed by atoms with Gasteiger partial charge < -0.3 is 0 Å². The molecular weight excluding hydrogens is 164 g/mol. The maximum Gasteiger partial charge on any atom is 0.143 e. The molecule has 0 aliphatic carbocycles. The highest BCUT2D eigenvalue weighted by Gasteiger charge is 2.16. The molecule has 0 N–H and O–H groups in total. The third kappa shape index (κ3) is 1.22. The van der Waals surface area contributed by atoms with E-state index >= 15 is 0 Å². The lowest BCUT2D eigenvalue weighted by Crippen LogP contribution is -1.42. The van der Waals surface area contributed by atoms with Crippen molar-refractivity contribution in [3.05, 3.63) is 22.5 Å². The van der Waals surface area contributed by atoms with Crippen LogP contribution in [0, 0.1) is 0 Å². The largest absolute Gasteiger partial charge is 0.253 e. The van der Waals surface area contributed by atoms with Gasteiger partial charge in [0.1, 0.15) is 10.7 Å². The Morgan fingerprint density at radius 2 is 2.30 bits per heavy atom. The summed E-state index contributed by atoms with van der Waals surface area (Å²) in [7, 11) is 0. The van der Waals surface area contributed by atoms with Gasteiger partial charge in [-0.3, -0.25) is 4.98 Å². The molecule has 0 saturated heterocycles. The Balaban J connectivity index is 0.0000000807. The number of hydrogen-bond donors (Lipinski definition) is 0. The van der Waals surface area contributed by atoms with E-state index in [9.17, 15) is 0 Å². The summed E-state index contributed by atoms with van der Waals surface area (Å²) in [5.41, 5.74) is 3.02. The second-order valence-electron chi connectivity index (χ2n) is 1.71. The molecule has 0 unspecified atom stereocenters. The first-order chi connectivity index (χ1) is 4.97. The molecule has 3 rings (SSSR count). The van der Waals surface area contributed by atoms with E-state index in [4.69, 9.17) is 0 Å². The molecular formula is C6H4N2S2. The Morgan fingerprint density at radius 3 is 2.40 bits per heavy atom. The fourth-order valence-corrected chi connectivity index (χ4v) is 1.36. The van der Waals surface area contributed by atoms with Crippen molar-refractivity contribution in [1.29, 1.82) is 0 Å². The van der Waals surface area contributed by atoms with E-state index in [2.05, 4.69) is 15.3 Å². The summed E-state index contributed by atoms with van der Waals surface area (Å²) in [6.07, 6.45) is 1.77. The van der Waals surface area contributed by atoms with E-state index in [0.29, 0.717) is 0 Å². The minimum Gasteiger partial charge on any atom is -0.253 e. The van der Waals surface area contributed by atoms with E-state index < -0.39 is 0 Å². The lowest BCUT2D eigenvalue weighted by Gasteiger charge is -1.69. The van der Waals surface area contributed by atoms with Gasteiger partial charge in [0.2, 0.25) is 0 Å². The molecule has 2 aliphatic rings. The maximum atomic E-state index is 3.91. The van der Waals surface area contributed by atoms with E-state index in [1.165, 1.54) is 10.7 Å². The van der Waals surface area contributed by atoms with E-state index in [0.717, 1.165) is 0 Å². The third-order valence-corrected chi connectivity index (χ3v) is 2.41. The van der Waals surface area contributed by atoms with Crippen LogP contribution in [0.5, 0.6) is 0 Å². The molecule has 10 heavy (non-hydrogen) atoms. The molecule has 1 aromatic heterocycles. The smallest absolute Gasteiger partial charge is 0.143 e. The molecule has 0 atom stereocenters.